The summed E-state index contributed by atoms with van der Waals surface area (Å²) in [5.74, 6) is -0.153. The predicted molar refractivity (Wildman–Crippen MR) is 58.0 cm³/mol. The predicted octanol–water partition coefficient (Wildman–Crippen LogP) is 1.67. The van der Waals surface area contributed by atoms with Crippen LogP contribution in [0.25, 0.3) is 0 Å². The van der Waals surface area contributed by atoms with Crippen molar-refractivity contribution in [1.82, 2.24) is 9.97 Å². The number of ether oxygens (including phenoxy) is 1. The first kappa shape index (κ1) is 12.9. The minimum Gasteiger partial charge on any atom is -0.386 e. The molecule has 18 heavy (non-hydrogen) atoms. The van der Waals surface area contributed by atoms with Crippen LogP contribution < -0.4 is 15.8 Å². The first-order valence-corrected chi connectivity index (χ1v) is 5.52. The topological polar surface area (TPSA) is 73.1 Å². The van der Waals surface area contributed by atoms with E-state index in [9.17, 15) is 13.2 Å². The molecule has 1 aliphatic rings. The van der Waals surface area contributed by atoms with Crippen molar-refractivity contribution in [2.75, 3.05) is 5.32 Å². The summed E-state index contributed by atoms with van der Waals surface area (Å²) in [7, 11) is 0. The van der Waals surface area contributed by atoms with Gasteiger partial charge in [0.25, 0.3) is 0 Å². The summed E-state index contributed by atoms with van der Waals surface area (Å²) >= 11 is 0. The van der Waals surface area contributed by atoms with Gasteiger partial charge in [-0.15, -0.1) is 13.2 Å². The van der Waals surface area contributed by atoms with Gasteiger partial charge in [-0.25, -0.2) is 9.97 Å². The highest BCUT2D eigenvalue weighted by Crippen LogP contribution is 2.22. The summed E-state index contributed by atoms with van der Waals surface area (Å²) in [6.45, 7) is 0. The lowest BCUT2D eigenvalue weighted by Crippen LogP contribution is -2.21. The lowest BCUT2D eigenvalue weighted by atomic mass is 10.2. The summed E-state index contributed by atoms with van der Waals surface area (Å²) in [5, 5.41) is 3.07. The molecule has 0 amide bonds. The molecule has 0 unspecified atom stereocenters. The van der Waals surface area contributed by atoms with E-state index < -0.39 is 12.2 Å². The number of hydrogen-bond donors (Lipinski definition) is 2. The van der Waals surface area contributed by atoms with E-state index in [1.165, 1.54) is 6.20 Å². The lowest BCUT2D eigenvalue weighted by Gasteiger charge is -2.13. The van der Waals surface area contributed by atoms with Gasteiger partial charge in [0.2, 0.25) is 5.88 Å². The minimum absolute atomic E-state index is 0.170. The second-order valence-electron chi connectivity index (χ2n) is 4.20. The monoisotopic (exact) mass is 262 g/mol. The molecule has 0 spiro atoms. The number of hydrogen-bond acceptors (Lipinski definition) is 5. The van der Waals surface area contributed by atoms with Crippen molar-refractivity contribution in [3.8, 4) is 5.88 Å². The molecule has 1 fully saturated rings. The summed E-state index contributed by atoms with van der Waals surface area (Å²) in [6, 6.07) is 0.368. The van der Waals surface area contributed by atoms with Gasteiger partial charge in [0.05, 0.1) is 12.4 Å². The van der Waals surface area contributed by atoms with Gasteiger partial charge in [-0.05, 0) is 19.3 Å². The summed E-state index contributed by atoms with van der Waals surface area (Å²) < 4.78 is 39.3. The number of halogens is 3. The molecule has 0 aliphatic heterocycles. The third-order valence-electron chi connectivity index (χ3n) is 2.67. The van der Waals surface area contributed by atoms with Crippen LogP contribution in [0, 0.1) is 0 Å². The first-order valence-electron chi connectivity index (χ1n) is 5.52. The number of nitrogens with one attached hydrogen (secondary N) is 1. The van der Waals surface area contributed by atoms with E-state index in [1.54, 1.807) is 0 Å². The maximum Gasteiger partial charge on any atom is 0.574 e. The van der Waals surface area contributed by atoms with Crippen LogP contribution in [0.2, 0.25) is 0 Å². The Balaban J connectivity index is 1.91. The lowest BCUT2D eigenvalue weighted by molar-refractivity contribution is -0.276. The van der Waals surface area contributed by atoms with E-state index in [0.717, 1.165) is 25.5 Å². The third-order valence-corrected chi connectivity index (χ3v) is 2.67. The Bertz CT molecular complexity index is 395. The molecule has 2 rings (SSSR count). The standard InChI is InChI=1S/C10H13F3N4O/c11-10(12,13)18-9-5-15-8(4-16-9)17-7-2-1-6(14)3-7/h4-7H,1-3,14H2,(H,15,17)/t6-,7-/m0/s1. The Kier molecular flexibility index (Phi) is 3.55. The van der Waals surface area contributed by atoms with Crippen molar-refractivity contribution in [2.24, 2.45) is 5.73 Å². The largest absolute Gasteiger partial charge is 0.574 e. The fraction of sp³-hybridized carbons (Fsp3) is 0.600. The fourth-order valence-electron chi connectivity index (χ4n) is 1.92. The average Bonchev–Trinajstić information content (AvgIpc) is 2.65. The van der Waals surface area contributed by atoms with Gasteiger partial charge in [0.15, 0.2) is 0 Å². The van der Waals surface area contributed by atoms with Gasteiger partial charge in [-0.1, -0.05) is 0 Å². The first-order chi connectivity index (χ1) is 8.42. The molecular weight excluding hydrogens is 249 g/mol. The molecular formula is C10H13F3N4O. The van der Waals surface area contributed by atoms with Gasteiger partial charge in [-0.3, -0.25) is 0 Å². The molecule has 0 aromatic carbocycles. The van der Waals surface area contributed by atoms with Crippen molar-refractivity contribution in [1.29, 1.82) is 0 Å². The van der Waals surface area contributed by atoms with Gasteiger partial charge >= 0.3 is 6.36 Å². The van der Waals surface area contributed by atoms with Crippen LogP contribution in [-0.4, -0.2) is 28.4 Å². The van der Waals surface area contributed by atoms with Crippen molar-refractivity contribution >= 4 is 5.82 Å². The van der Waals surface area contributed by atoms with Crippen LogP contribution in [0.15, 0.2) is 12.4 Å². The van der Waals surface area contributed by atoms with Crippen LogP contribution in [0.1, 0.15) is 19.3 Å². The zero-order valence-corrected chi connectivity index (χ0v) is 9.44. The van der Waals surface area contributed by atoms with Crippen molar-refractivity contribution < 1.29 is 17.9 Å². The molecule has 2 atom stereocenters. The molecule has 3 N–H and O–H groups in total. The van der Waals surface area contributed by atoms with Crippen molar-refractivity contribution in [3.63, 3.8) is 0 Å². The van der Waals surface area contributed by atoms with Gasteiger partial charge in [0.1, 0.15) is 5.82 Å². The number of anilines is 1. The summed E-state index contributed by atoms with van der Waals surface area (Å²) in [4.78, 5) is 7.34. The number of nitrogens with two attached hydrogens (primary N) is 1. The Labute approximate surface area is 102 Å². The Morgan fingerprint density at radius 2 is 2.06 bits per heavy atom. The van der Waals surface area contributed by atoms with Crippen LogP contribution >= 0.6 is 0 Å². The van der Waals surface area contributed by atoms with Crippen LogP contribution in [0.4, 0.5) is 19.0 Å². The molecule has 1 saturated carbocycles. The molecule has 0 saturated heterocycles. The zero-order valence-electron chi connectivity index (χ0n) is 9.44. The molecule has 1 heterocycles. The molecule has 8 heteroatoms. The van der Waals surface area contributed by atoms with Gasteiger partial charge in [0, 0.05) is 12.1 Å². The van der Waals surface area contributed by atoms with E-state index in [4.69, 9.17) is 5.73 Å². The molecule has 5 nitrogen and oxygen atoms in total. The highest BCUT2D eigenvalue weighted by atomic mass is 19.4. The van der Waals surface area contributed by atoms with E-state index in [1.807, 2.05) is 0 Å². The second kappa shape index (κ2) is 4.97. The third kappa shape index (κ3) is 3.73. The molecule has 1 aromatic heterocycles. The molecule has 100 valence electrons. The van der Waals surface area contributed by atoms with Crippen LogP contribution in [0.5, 0.6) is 5.88 Å². The average molecular weight is 262 g/mol. The van der Waals surface area contributed by atoms with Crippen LogP contribution in [0.3, 0.4) is 0 Å². The molecule has 0 bridgehead atoms. The highest BCUT2D eigenvalue weighted by molar-refractivity contribution is 5.33. The zero-order chi connectivity index (χ0) is 13.2. The minimum atomic E-state index is -4.75. The second-order valence-corrected chi connectivity index (χ2v) is 4.20. The Hall–Kier alpha value is -1.57. The van der Waals surface area contributed by atoms with E-state index in [0.29, 0.717) is 5.82 Å². The van der Waals surface area contributed by atoms with E-state index in [-0.39, 0.29) is 12.1 Å². The number of nitrogens with zero attached hydrogens (tertiary/aromatic N) is 2. The summed E-state index contributed by atoms with van der Waals surface area (Å²) in [6.07, 6.45) is 0.0734. The molecule has 1 aromatic rings. The van der Waals surface area contributed by atoms with Crippen LogP contribution in [-0.2, 0) is 0 Å². The Morgan fingerprint density at radius 1 is 1.28 bits per heavy atom. The maximum absolute atomic E-state index is 11.9. The van der Waals surface area contributed by atoms with Crippen molar-refractivity contribution in [3.05, 3.63) is 12.4 Å². The molecule has 0 radical (unpaired) electrons. The number of rotatable bonds is 3. The Morgan fingerprint density at radius 3 is 2.56 bits per heavy atom. The van der Waals surface area contributed by atoms with Gasteiger partial charge in [-0.2, -0.15) is 0 Å². The van der Waals surface area contributed by atoms with Gasteiger partial charge < -0.3 is 15.8 Å². The van der Waals surface area contributed by atoms with Crippen molar-refractivity contribution in [2.45, 2.75) is 37.7 Å². The summed E-state index contributed by atoms with van der Waals surface area (Å²) in [5.41, 5.74) is 5.75. The maximum atomic E-state index is 11.9. The number of aromatic nitrogens is 2. The number of alkyl halides is 3. The fourth-order valence-corrected chi connectivity index (χ4v) is 1.92. The van der Waals surface area contributed by atoms with E-state index in [2.05, 4.69) is 20.0 Å². The molecule has 1 aliphatic carbocycles. The SMILES string of the molecule is N[C@H]1CC[C@H](Nc2cnc(OC(F)(F)F)cn2)C1. The quantitative estimate of drug-likeness (QED) is 0.866. The normalized spacial score (nSPS) is 24.0. The smallest absolute Gasteiger partial charge is 0.386 e. The highest BCUT2D eigenvalue weighted by Gasteiger charge is 2.32. The van der Waals surface area contributed by atoms with E-state index >= 15 is 0 Å².